The summed E-state index contributed by atoms with van der Waals surface area (Å²) >= 11 is 0. The minimum absolute atomic E-state index is 0.0475. The van der Waals surface area contributed by atoms with Crippen LogP contribution in [-0.2, 0) is 57.1 Å². The summed E-state index contributed by atoms with van der Waals surface area (Å²) in [6.07, 6.45) is 0.161. The van der Waals surface area contributed by atoms with E-state index in [9.17, 15) is 24.3 Å². The first-order valence-corrected chi connectivity index (χ1v) is 19.9. The average Bonchev–Trinajstić information content (AvgIpc) is 3.49. The van der Waals surface area contributed by atoms with Gasteiger partial charge in [0.2, 0.25) is 0 Å². The van der Waals surface area contributed by atoms with Gasteiger partial charge < -0.3 is 43.0 Å². The van der Waals surface area contributed by atoms with Crippen LogP contribution in [0.5, 0.6) is 0 Å². The molecule has 0 aromatic rings. The molecule has 7 rings (SSSR count). The lowest BCUT2D eigenvalue weighted by molar-refractivity contribution is -0.307. The van der Waals surface area contributed by atoms with Gasteiger partial charge in [-0.1, -0.05) is 27.7 Å². The number of fused-ring (bicyclic) bond motifs is 7. The van der Waals surface area contributed by atoms with E-state index in [1.807, 2.05) is 0 Å². The molecule has 53 heavy (non-hydrogen) atoms. The van der Waals surface area contributed by atoms with Crippen molar-refractivity contribution in [1.82, 2.24) is 0 Å². The third-order valence-electron chi connectivity index (χ3n) is 14.8. The molecule has 3 aliphatic heterocycles. The topological polar surface area (TPSA) is 162 Å². The zero-order valence-electron chi connectivity index (χ0n) is 32.6. The summed E-state index contributed by atoms with van der Waals surface area (Å²) < 4.78 is 48.7. The van der Waals surface area contributed by atoms with Gasteiger partial charge in [-0.15, -0.1) is 0 Å². The normalized spacial score (nSPS) is 50.2. The maximum Gasteiger partial charge on any atom is 0.303 e. The fraction of sp³-hybridized carbons (Fsp3) is 0.900. The van der Waals surface area contributed by atoms with Crippen molar-refractivity contribution in [3.05, 3.63) is 0 Å². The minimum atomic E-state index is -1.23. The van der Waals surface area contributed by atoms with Crippen molar-refractivity contribution in [3.8, 4) is 0 Å². The van der Waals surface area contributed by atoms with Crippen LogP contribution in [0.2, 0.25) is 0 Å². The van der Waals surface area contributed by atoms with Gasteiger partial charge in [0.25, 0.3) is 0 Å². The van der Waals surface area contributed by atoms with Crippen molar-refractivity contribution >= 4 is 23.9 Å². The molecule has 13 nitrogen and oxygen atoms in total. The molecule has 18 atom stereocenters. The molecule has 13 heteroatoms. The predicted molar refractivity (Wildman–Crippen MR) is 185 cm³/mol. The molecule has 7 aliphatic rings. The van der Waals surface area contributed by atoms with E-state index in [4.69, 9.17) is 37.9 Å². The highest BCUT2D eigenvalue weighted by molar-refractivity contribution is 5.68. The largest absolute Gasteiger partial charge is 0.462 e. The van der Waals surface area contributed by atoms with Gasteiger partial charge in [-0.2, -0.15) is 0 Å². The fourth-order valence-corrected chi connectivity index (χ4v) is 12.8. The van der Waals surface area contributed by atoms with Gasteiger partial charge in [-0.05, 0) is 85.4 Å². The molecule has 3 heterocycles. The number of carbonyl (C=O) groups is 4. The number of hydrogen-bond donors (Lipinski definition) is 1. The summed E-state index contributed by atoms with van der Waals surface area (Å²) in [5, 5.41) is 11.9. The van der Waals surface area contributed by atoms with Crippen LogP contribution in [0.25, 0.3) is 0 Å². The number of aliphatic hydroxyl groups is 1. The fourth-order valence-electron chi connectivity index (χ4n) is 12.8. The summed E-state index contributed by atoms with van der Waals surface area (Å²) in [5.74, 6) is -0.794. The van der Waals surface area contributed by atoms with E-state index in [0.29, 0.717) is 36.5 Å². The maximum absolute atomic E-state index is 12.8. The highest BCUT2D eigenvalue weighted by atomic mass is 16.7. The third kappa shape index (κ3) is 6.82. The molecule has 0 aromatic carbocycles. The first-order chi connectivity index (χ1) is 25.0. The molecule has 0 radical (unpaired) electrons. The first kappa shape index (κ1) is 38.9. The molecular weight excluding hydrogens is 688 g/mol. The predicted octanol–water partition coefficient (Wildman–Crippen LogP) is 4.48. The Kier molecular flexibility index (Phi) is 10.5. The molecule has 298 valence electrons. The Hall–Kier alpha value is -2.32. The van der Waals surface area contributed by atoms with Crippen LogP contribution in [0.1, 0.15) is 107 Å². The van der Waals surface area contributed by atoms with Crippen molar-refractivity contribution < 1.29 is 62.2 Å². The second-order valence-electron chi connectivity index (χ2n) is 18.1. The molecule has 4 saturated carbocycles. The standard InChI is InChI=1S/C40H60O13/c1-19-11-12-40(47-17-19)20(2)33-30(53-40)14-27-26-10-9-25-13-29(28(45)15-38(25,7)34(26)31(48-21(3)41)16-39(27,33)8)52-37-36(51-24(6)44)35(50-23(5)43)32(18-46-37)49-22(4)42/h19-20,25-37,45H,9-18H2,1-8H3/t19-,20+,25-,26+,27-,28+,29+,30+,31-,32+,33+,34-,35-,36+,37-,38+,39+,40-/m1/s1. The van der Waals surface area contributed by atoms with E-state index in [1.165, 1.54) is 27.7 Å². The molecule has 0 bridgehead atoms. The number of carbonyl (C=O) groups excluding carboxylic acids is 4. The highest BCUT2D eigenvalue weighted by Crippen LogP contribution is 2.72. The number of aliphatic hydroxyl groups excluding tert-OH is 1. The van der Waals surface area contributed by atoms with Crippen molar-refractivity contribution in [3.63, 3.8) is 0 Å². The van der Waals surface area contributed by atoms with Crippen molar-refractivity contribution in [2.75, 3.05) is 13.2 Å². The van der Waals surface area contributed by atoms with Crippen molar-refractivity contribution in [2.24, 2.45) is 52.3 Å². The molecule has 0 amide bonds. The van der Waals surface area contributed by atoms with Crippen LogP contribution >= 0.6 is 0 Å². The summed E-state index contributed by atoms with van der Waals surface area (Å²) in [7, 11) is 0. The van der Waals surface area contributed by atoms with Crippen LogP contribution in [-0.4, -0.2) is 97.0 Å². The molecule has 7 fully saturated rings. The Labute approximate surface area is 312 Å². The summed E-state index contributed by atoms with van der Waals surface area (Å²) in [4.78, 5) is 49.0. The van der Waals surface area contributed by atoms with Crippen LogP contribution in [0.4, 0.5) is 0 Å². The van der Waals surface area contributed by atoms with Gasteiger partial charge >= 0.3 is 23.9 Å². The van der Waals surface area contributed by atoms with Gasteiger partial charge in [0.05, 0.1) is 31.5 Å². The Morgan fingerprint density at radius 2 is 1.38 bits per heavy atom. The van der Waals surface area contributed by atoms with Crippen LogP contribution < -0.4 is 0 Å². The Morgan fingerprint density at radius 3 is 2.02 bits per heavy atom. The van der Waals surface area contributed by atoms with E-state index >= 15 is 0 Å². The number of rotatable bonds is 6. The Bertz CT molecular complexity index is 1430. The van der Waals surface area contributed by atoms with Gasteiger partial charge in [0, 0.05) is 46.0 Å². The lowest BCUT2D eigenvalue weighted by atomic mass is 9.43. The Morgan fingerprint density at radius 1 is 0.717 bits per heavy atom. The number of ether oxygens (including phenoxy) is 8. The highest BCUT2D eigenvalue weighted by Gasteiger charge is 2.71. The average molecular weight is 749 g/mol. The molecule has 3 saturated heterocycles. The quantitative estimate of drug-likeness (QED) is 0.230. The second-order valence-corrected chi connectivity index (χ2v) is 18.1. The smallest absolute Gasteiger partial charge is 0.303 e. The zero-order chi connectivity index (χ0) is 38.2. The lowest BCUT2D eigenvalue weighted by Gasteiger charge is -2.63. The van der Waals surface area contributed by atoms with Gasteiger partial charge in [0.15, 0.2) is 30.4 Å². The molecule has 4 aliphatic carbocycles. The second kappa shape index (κ2) is 14.3. The van der Waals surface area contributed by atoms with Crippen LogP contribution in [0.3, 0.4) is 0 Å². The van der Waals surface area contributed by atoms with E-state index in [0.717, 1.165) is 45.1 Å². The van der Waals surface area contributed by atoms with Crippen LogP contribution in [0.15, 0.2) is 0 Å². The third-order valence-corrected chi connectivity index (χ3v) is 14.8. The molecule has 1 spiro atoms. The zero-order valence-corrected chi connectivity index (χ0v) is 32.6. The number of esters is 4. The molecule has 0 unspecified atom stereocenters. The van der Waals surface area contributed by atoms with Gasteiger partial charge in [-0.3, -0.25) is 19.2 Å². The van der Waals surface area contributed by atoms with Crippen LogP contribution in [0, 0.1) is 52.3 Å². The SMILES string of the molecule is CC(=O)O[C@@H]1[C@@H](O[C@H]2C[C@H]3CC[C@@H]4[C@H]([C@H](OC(C)=O)C[C@]5(C)[C@@H]6[C@H](C[C@H]45)O[C@]4(CC[C@@H](C)CO4)[C@H]6C)[C@@]3(C)C[C@@H]2O)OC[C@H](OC(C)=O)[C@H]1OC(C)=O. The minimum Gasteiger partial charge on any atom is -0.462 e. The van der Waals surface area contributed by atoms with Crippen molar-refractivity contribution in [1.29, 1.82) is 0 Å². The summed E-state index contributed by atoms with van der Waals surface area (Å²) in [6, 6.07) is 0. The summed E-state index contributed by atoms with van der Waals surface area (Å²) in [5.41, 5.74) is -0.434. The Balaban J connectivity index is 1.11. The monoisotopic (exact) mass is 748 g/mol. The first-order valence-electron chi connectivity index (χ1n) is 19.9. The number of hydrogen-bond acceptors (Lipinski definition) is 13. The molecular formula is C40H60O13. The summed E-state index contributed by atoms with van der Waals surface area (Å²) in [6.45, 7) is 14.9. The lowest BCUT2D eigenvalue weighted by Crippen LogP contribution is -2.63. The molecule has 1 N–H and O–H groups in total. The van der Waals surface area contributed by atoms with E-state index in [-0.39, 0.29) is 53.4 Å². The maximum atomic E-state index is 12.8. The molecule has 0 aromatic heterocycles. The van der Waals surface area contributed by atoms with E-state index in [2.05, 4.69) is 27.7 Å². The van der Waals surface area contributed by atoms with E-state index in [1.54, 1.807) is 0 Å². The van der Waals surface area contributed by atoms with Gasteiger partial charge in [-0.25, -0.2) is 0 Å². The van der Waals surface area contributed by atoms with E-state index < -0.39 is 60.5 Å². The van der Waals surface area contributed by atoms with Crippen molar-refractivity contribution in [2.45, 2.75) is 162 Å². The van der Waals surface area contributed by atoms with Gasteiger partial charge in [0.1, 0.15) is 6.10 Å².